The molecule has 28 heavy (non-hydrogen) atoms. The van der Waals surface area contributed by atoms with E-state index in [1.165, 1.54) is 11.1 Å². The summed E-state index contributed by atoms with van der Waals surface area (Å²) in [4.78, 5) is 26.9. The van der Waals surface area contributed by atoms with Crippen LogP contribution in [0.25, 0.3) is 0 Å². The average Bonchev–Trinajstić information content (AvgIpc) is 2.66. The molecule has 1 unspecified atom stereocenters. The van der Waals surface area contributed by atoms with Gasteiger partial charge in [0.15, 0.2) is 0 Å². The number of halogens is 1. The van der Waals surface area contributed by atoms with Gasteiger partial charge in [0, 0.05) is 23.9 Å². The molecular formula is C22H27ClN2O2S. The largest absolute Gasteiger partial charge is 0.355 e. The van der Waals surface area contributed by atoms with Crippen LogP contribution in [0.4, 0.5) is 0 Å². The van der Waals surface area contributed by atoms with Crippen molar-refractivity contribution in [3.63, 3.8) is 0 Å². The van der Waals surface area contributed by atoms with Crippen LogP contribution in [0.1, 0.15) is 30.5 Å². The van der Waals surface area contributed by atoms with Crippen molar-refractivity contribution in [3.05, 3.63) is 70.2 Å². The van der Waals surface area contributed by atoms with Gasteiger partial charge in [0.05, 0.1) is 5.75 Å². The van der Waals surface area contributed by atoms with Crippen LogP contribution in [0.3, 0.4) is 0 Å². The molecule has 2 amide bonds. The summed E-state index contributed by atoms with van der Waals surface area (Å²) in [6.07, 6.45) is 0. The Bertz CT molecular complexity index is 813. The summed E-state index contributed by atoms with van der Waals surface area (Å²) in [5.41, 5.74) is 3.30. The first-order valence-electron chi connectivity index (χ1n) is 9.35. The first-order valence-corrected chi connectivity index (χ1v) is 10.9. The van der Waals surface area contributed by atoms with E-state index in [1.807, 2.05) is 31.2 Å². The molecule has 6 heteroatoms. The van der Waals surface area contributed by atoms with Crippen LogP contribution >= 0.6 is 23.4 Å². The van der Waals surface area contributed by atoms with Gasteiger partial charge in [-0.1, -0.05) is 53.6 Å². The molecule has 0 spiro atoms. The van der Waals surface area contributed by atoms with Gasteiger partial charge in [0.25, 0.3) is 0 Å². The number of carbonyl (C=O) groups is 2. The zero-order valence-electron chi connectivity index (χ0n) is 16.6. The molecular weight excluding hydrogens is 392 g/mol. The number of rotatable bonds is 9. The number of nitrogens with zero attached hydrogens (tertiary/aromatic N) is 1. The first-order chi connectivity index (χ1) is 13.4. The second-order valence-corrected chi connectivity index (χ2v) is 8.13. The number of carbonyl (C=O) groups excluding carboxylic acids is 2. The lowest BCUT2D eigenvalue weighted by atomic mass is 10.1. The molecule has 1 N–H and O–H groups in total. The fourth-order valence-electron chi connectivity index (χ4n) is 2.88. The first kappa shape index (κ1) is 22.3. The van der Waals surface area contributed by atoms with Gasteiger partial charge in [0.2, 0.25) is 11.8 Å². The number of likely N-dealkylation sites (N-methyl/N-ethyl adjacent to an activating group) is 1. The minimum Gasteiger partial charge on any atom is -0.355 e. The van der Waals surface area contributed by atoms with Crippen molar-refractivity contribution in [2.24, 2.45) is 0 Å². The lowest BCUT2D eigenvalue weighted by Gasteiger charge is -2.28. The minimum absolute atomic E-state index is 0.0589. The van der Waals surface area contributed by atoms with Gasteiger partial charge in [-0.15, -0.1) is 11.8 Å². The molecule has 0 aliphatic carbocycles. The Morgan fingerprint density at radius 3 is 2.54 bits per heavy atom. The number of aryl methyl sites for hydroxylation is 1. The van der Waals surface area contributed by atoms with E-state index in [-0.39, 0.29) is 11.8 Å². The number of hydrogen-bond donors (Lipinski definition) is 1. The van der Waals surface area contributed by atoms with Crippen LogP contribution in [0.2, 0.25) is 5.02 Å². The molecule has 2 aromatic rings. The van der Waals surface area contributed by atoms with Gasteiger partial charge >= 0.3 is 0 Å². The molecule has 0 aliphatic heterocycles. The molecule has 150 valence electrons. The van der Waals surface area contributed by atoms with Crippen molar-refractivity contribution >= 4 is 35.2 Å². The van der Waals surface area contributed by atoms with Crippen LogP contribution in [-0.2, 0) is 21.9 Å². The number of hydrogen-bond acceptors (Lipinski definition) is 3. The van der Waals surface area contributed by atoms with Crippen LogP contribution in [-0.4, -0.2) is 35.1 Å². The molecule has 0 saturated carbocycles. The Hall–Kier alpha value is -1.98. The highest BCUT2D eigenvalue weighted by Gasteiger charge is 2.25. The maximum Gasteiger partial charge on any atom is 0.242 e. The third-order valence-corrected chi connectivity index (χ3v) is 5.56. The van der Waals surface area contributed by atoms with E-state index in [2.05, 4.69) is 30.4 Å². The third-order valence-electron chi connectivity index (χ3n) is 4.34. The van der Waals surface area contributed by atoms with Gasteiger partial charge < -0.3 is 10.2 Å². The van der Waals surface area contributed by atoms with Crippen LogP contribution in [0, 0.1) is 6.92 Å². The van der Waals surface area contributed by atoms with E-state index < -0.39 is 6.04 Å². The Morgan fingerprint density at radius 1 is 1.14 bits per heavy atom. The second-order valence-electron chi connectivity index (χ2n) is 6.70. The molecule has 0 aliphatic rings. The van der Waals surface area contributed by atoms with Gasteiger partial charge in [0.1, 0.15) is 6.04 Å². The van der Waals surface area contributed by atoms with E-state index in [4.69, 9.17) is 11.6 Å². The molecule has 1 atom stereocenters. The lowest BCUT2D eigenvalue weighted by Crippen LogP contribution is -2.48. The minimum atomic E-state index is -0.550. The highest BCUT2D eigenvalue weighted by molar-refractivity contribution is 7.99. The average molecular weight is 419 g/mol. The van der Waals surface area contributed by atoms with E-state index in [9.17, 15) is 9.59 Å². The number of nitrogens with one attached hydrogen (secondary N) is 1. The highest BCUT2D eigenvalue weighted by atomic mass is 35.5. The second kappa shape index (κ2) is 11.1. The molecule has 0 bridgehead atoms. The summed E-state index contributed by atoms with van der Waals surface area (Å²) in [5.74, 6) is 0.865. The number of thioether (sulfide) groups is 1. The van der Waals surface area contributed by atoms with Crippen LogP contribution in [0.15, 0.2) is 48.5 Å². The summed E-state index contributed by atoms with van der Waals surface area (Å²) in [6, 6.07) is 15.1. The van der Waals surface area contributed by atoms with Gasteiger partial charge in [-0.05, 0) is 44.0 Å². The topological polar surface area (TPSA) is 49.4 Å². The predicted molar refractivity (Wildman–Crippen MR) is 117 cm³/mol. The lowest BCUT2D eigenvalue weighted by molar-refractivity contribution is -0.138. The smallest absolute Gasteiger partial charge is 0.242 e. The fraction of sp³-hybridized carbons (Fsp3) is 0.364. The Kier molecular flexibility index (Phi) is 8.87. The molecule has 0 saturated heterocycles. The van der Waals surface area contributed by atoms with Crippen molar-refractivity contribution in [2.45, 2.75) is 39.1 Å². The van der Waals surface area contributed by atoms with Crippen LogP contribution < -0.4 is 5.32 Å². The molecule has 2 aromatic carbocycles. The number of amides is 2. The maximum atomic E-state index is 12.9. The van der Waals surface area contributed by atoms with Crippen molar-refractivity contribution in [1.82, 2.24) is 10.2 Å². The van der Waals surface area contributed by atoms with Gasteiger partial charge in [-0.3, -0.25) is 9.59 Å². The quantitative estimate of drug-likeness (QED) is 0.655. The third kappa shape index (κ3) is 6.88. The van der Waals surface area contributed by atoms with Gasteiger partial charge in [-0.2, -0.15) is 0 Å². The van der Waals surface area contributed by atoms with Gasteiger partial charge in [-0.25, -0.2) is 0 Å². The Morgan fingerprint density at radius 2 is 1.86 bits per heavy atom. The summed E-state index contributed by atoms with van der Waals surface area (Å²) in [6.45, 7) is 6.57. The molecule has 4 nitrogen and oxygen atoms in total. The normalized spacial score (nSPS) is 11.7. The Balaban J connectivity index is 2.05. The monoisotopic (exact) mass is 418 g/mol. The van der Waals surface area contributed by atoms with E-state index in [1.54, 1.807) is 29.7 Å². The molecule has 0 radical (unpaired) electrons. The number of benzene rings is 2. The van der Waals surface area contributed by atoms with Crippen molar-refractivity contribution in [3.8, 4) is 0 Å². The summed E-state index contributed by atoms with van der Waals surface area (Å²) in [5, 5.41) is 3.42. The molecule has 0 aromatic heterocycles. The van der Waals surface area contributed by atoms with Crippen molar-refractivity contribution < 1.29 is 9.59 Å². The summed E-state index contributed by atoms with van der Waals surface area (Å²) < 4.78 is 0. The SMILES string of the molecule is CCNC(=O)C(C)N(Cc1cccc(Cl)c1)C(=O)CSCc1cccc(C)c1. The summed E-state index contributed by atoms with van der Waals surface area (Å²) >= 11 is 7.64. The van der Waals surface area contributed by atoms with Crippen molar-refractivity contribution in [2.75, 3.05) is 12.3 Å². The fourth-order valence-corrected chi connectivity index (χ4v) is 3.95. The molecule has 0 fully saturated rings. The van der Waals surface area contributed by atoms with E-state index in [0.717, 1.165) is 11.3 Å². The Labute approximate surface area is 176 Å². The maximum absolute atomic E-state index is 12.9. The molecule has 2 rings (SSSR count). The standard InChI is InChI=1S/C22H27ClN2O2S/c1-4-24-22(27)17(3)25(13-18-8-6-10-20(23)12-18)21(26)15-28-14-19-9-5-7-16(2)11-19/h5-12,17H,4,13-15H2,1-3H3,(H,24,27). The zero-order chi connectivity index (χ0) is 20.5. The van der Waals surface area contributed by atoms with E-state index in [0.29, 0.717) is 23.9 Å². The highest BCUT2D eigenvalue weighted by Crippen LogP contribution is 2.18. The predicted octanol–water partition coefficient (Wildman–Crippen LogP) is 4.44. The summed E-state index contributed by atoms with van der Waals surface area (Å²) in [7, 11) is 0. The van der Waals surface area contributed by atoms with Crippen LogP contribution in [0.5, 0.6) is 0 Å². The van der Waals surface area contributed by atoms with Crippen molar-refractivity contribution in [1.29, 1.82) is 0 Å². The van der Waals surface area contributed by atoms with E-state index >= 15 is 0 Å². The molecule has 0 heterocycles. The zero-order valence-corrected chi connectivity index (χ0v) is 18.1.